The molecule has 4 aromatic rings. The van der Waals surface area contributed by atoms with Gasteiger partial charge in [0, 0.05) is 28.9 Å². The molecular weight excluding hydrogens is 398 g/mol. The van der Waals surface area contributed by atoms with Crippen LogP contribution in [0, 0.1) is 6.92 Å². The van der Waals surface area contributed by atoms with Crippen molar-refractivity contribution in [3.63, 3.8) is 0 Å². The Hall–Kier alpha value is -2.86. The highest BCUT2D eigenvalue weighted by atomic mass is 32.1. The molecule has 0 unspecified atom stereocenters. The number of thiophene rings is 1. The van der Waals surface area contributed by atoms with Gasteiger partial charge in [0.2, 0.25) is 5.91 Å². The molecule has 3 heterocycles. The normalized spacial score (nSPS) is 12.0. The minimum atomic E-state index is -0.477. The maximum atomic E-state index is 12.6. The Bertz CT molecular complexity index is 1270. The van der Waals surface area contributed by atoms with Crippen LogP contribution in [0.25, 0.3) is 21.9 Å². The minimum absolute atomic E-state index is 0.00327. The average Bonchev–Trinajstić information content (AvgIpc) is 3.33. The number of aryl methyl sites for hydroxylation is 1. The van der Waals surface area contributed by atoms with E-state index in [9.17, 15) is 9.59 Å². The van der Waals surface area contributed by atoms with E-state index in [1.807, 2.05) is 24.4 Å². The van der Waals surface area contributed by atoms with Crippen LogP contribution in [-0.4, -0.2) is 12.5 Å². The summed E-state index contributed by atoms with van der Waals surface area (Å²) in [7, 11) is 0. The Kier molecular flexibility index (Phi) is 5.28. The topological polar surface area (TPSA) is 72.5 Å². The second-order valence-electron chi connectivity index (χ2n) is 8.65. The SMILES string of the molecule is Cc1c(CC(=O)NCCc2ccsc2)c(=O)oc2cc3occ(C(C)(C)C)c3cc12. The van der Waals surface area contributed by atoms with E-state index in [1.54, 1.807) is 23.7 Å². The summed E-state index contributed by atoms with van der Waals surface area (Å²) in [6.07, 6.45) is 2.54. The van der Waals surface area contributed by atoms with Crippen LogP contribution < -0.4 is 10.9 Å². The van der Waals surface area contributed by atoms with E-state index in [4.69, 9.17) is 8.83 Å². The third-order valence-electron chi connectivity index (χ3n) is 5.44. The standard InChI is InChI=1S/C24H25NO4S/c1-14-16-9-18-19(24(2,3)4)12-28-20(18)11-21(16)29-23(27)17(14)10-22(26)25-7-5-15-6-8-30-13-15/h6,8-9,11-13H,5,7,10H2,1-4H3,(H,25,26). The number of hydrogen-bond acceptors (Lipinski definition) is 5. The summed E-state index contributed by atoms with van der Waals surface area (Å²) in [5, 5.41) is 8.81. The van der Waals surface area contributed by atoms with E-state index < -0.39 is 5.63 Å². The van der Waals surface area contributed by atoms with Crippen molar-refractivity contribution in [3.05, 3.63) is 67.9 Å². The van der Waals surface area contributed by atoms with Gasteiger partial charge in [-0.3, -0.25) is 4.79 Å². The predicted octanol–water partition coefficient (Wildman–Crippen LogP) is 5.11. The van der Waals surface area contributed by atoms with Gasteiger partial charge in [0.15, 0.2) is 0 Å². The van der Waals surface area contributed by atoms with E-state index in [1.165, 1.54) is 5.56 Å². The fourth-order valence-corrected chi connectivity index (χ4v) is 4.40. The van der Waals surface area contributed by atoms with Crippen molar-refractivity contribution in [2.24, 2.45) is 0 Å². The first-order chi connectivity index (χ1) is 14.2. The number of hydrogen-bond donors (Lipinski definition) is 1. The lowest BCUT2D eigenvalue weighted by molar-refractivity contribution is -0.120. The maximum Gasteiger partial charge on any atom is 0.340 e. The lowest BCUT2D eigenvalue weighted by atomic mass is 9.86. The van der Waals surface area contributed by atoms with E-state index in [0.29, 0.717) is 23.3 Å². The van der Waals surface area contributed by atoms with Gasteiger partial charge in [-0.05, 0) is 52.8 Å². The van der Waals surface area contributed by atoms with E-state index in [0.717, 1.165) is 28.3 Å². The van der Waals surface area contributed by atoms with Gasteiger partial charge in [0.05, 0.1) is 18.2 Å². The van der Waals surface area contributed by atoms with Crippen molar-refractivity contribution in [1.82, 2.24) is 5.32 Å². The van der Waals surface area contributed by atoms with Crippen LogP contribution in [0.2, 0.25) is 0 Å². The molecule has 6 heteroatoms. The first kappa shape index (κ1) is 20.4. The molecule has 0 radical (unpaired) electrons. The Morgan fingerprint density at radius 3 is 2.67 bits per heavy atom. The Morgan fingerprint density at radius 1 is 1.17 bits per heavy atom. The molecule has 0 fully saturated rings. The molecular formula is C24H25NO4S. The van der Waals surface area contributed by atoms with Crippen molar-refractivity contribution in [3.8, 4) is 0 Å². The third kappa shape index (κ3) is 3.92. The van der Waals surface area contributed by atoms with Crippen LogP contribution in [0.1, 0.15) is 43.0 Å². The van der Waals surface area contributed by atoms with Gasteiger partial charge in [-0.2, -0.15) is 11.3 Å². The zero-order chi connectivity index (χ0) is 21.5. The molecule has 30 heavy (non-hydrogen) atoms. The van der Waals surface area contributed by atoms with Crippen LogP contribution in [0.3, 0.4) is 0 Å². The number of furan rings is 1. The first-order valence-electron chi connectivity index (χ1n) is 10.00. The third-order valence-corrected chi connectivity index (χ3v) is 6.17. The molecule has 0 atom stereocenters. The molecule has 0 aliphatic heterocycles. The molecule has 0 saturated carbocycles. The summed E-state index contributed by atoms with van der Waals surface area (Å²) in [6.45, 7) is 8.80. The van der Waals surface area contributed by atoms with Crippen LogP contribution >= 0.6 is 11.3 Å². The minimum Gasteiger partial charge on any atom is -0.464 e. The van der Waals surface area contributed by atoms with Gasteiger partial charge < -0.3 is 14.2 Å². The van der Waals surface area contributed by atoms with Gasteiger partial charge in [0.1, 0.15) is 11.2 Å². The predicted molar refractivity (Wildman–Crippen MR) is 120 cm³/mol. The second kappa shape index (κ2) is 7.76. The summed E-state index contributed by atoms with van der Waals surface area (Å²) < 4.78 is 11.3. The highest BCUT2D eigenvalue weighted by Crippen LogP contribution is 2.35. The van der Waals surface area contributed by atoms with Crippen LogP contribution in [0.15, 0.2) is 48.9 Å². The number of benzene rings is 1. The highest BCUT2D eigenvalue weighted by Gasteiger charge is 2.22. The van der Waals surface area contributed by atoms with Crippen molar-refractivity contribution in [2.45, 2.75) is 46.0 Å². The highest BCUT2D eigenvalue weighted by molar-refractivity contribution is 7.07. The van der Waals surface area contributed by atoms with Gasteiger partial charge in [-0.15, -0.1) is 0 Å². The van der Waals surface area contributed by atoms with Gasteiger partial charge in [-0.1, -0.05) is 20.8 Å². The number of rotatable bonds is 5. The summed E-state index contributed by atoms with van der Waals surface area (Å²) in [6, 6.07) is 5.81. The number of nitrogens with one attached hydrogen (secondary N) is 1. The average molecular weight is 424 g/mol. The Labute approximate surface area is 178 Å². The fraction of sp³-hybridized carbons (Fsp3) is 0.333. The molecule has 0 aliphatic carbocycles. The molecule has 0 bridgehead atoms. The van der Waals surface area contributed by atoms with Gasteiger partial charge >= 0.3 is 5.63 Å². The number of fused-ring (bicyclic) bond motifs is 2. The van der Waals surface area contributed by atoms with Crippen LogP contribution in [0.5, 0.6) is 0 Å². The number of carbonyl (C=O) groups is 1. The van der Waals surface area contributed by atoms with E-state index >= 15 is 0 Å². The lowest BCUT2D eigenvalue weighted by Gasteiger charge is -2.16. The number of carbonyl (C=O) groups excluding carboxylic acids is 1. The first-order valence-corrected chi connectivity index (χ1v) is 10.9. The zero-order valence-corrected chi connectivity index (χ0v) is 18.4. The summed E-state index contributed by atoms with van der Waals surface area (Å²) in [5.41, 5.74) is 4.07. The summed E-state index contributed by atoms with van der Waals surface area (Å²) in [4.78, 5) is 25.0. The largest absolute Gasteiger partial charge is 0.464 e. The molecule has 1 aromatic carbocycles. The molecule has 1 amide bonds. The molecule has 4 rings (SSSR count). The maximum absolute atomic E-state index is 12.6. The molecule has 3 aromatic heterocycles. The Morgan fingerprint density at radius 2 is 1.97 bits per heavy atom. The van der Waals surface area contributed by atoms with Crippen molar-refractivity contribution in [2.75, 3.05) is 6.54 Å². The molecule has 0 saturated heterocycles. The monoisotopic (exact) mass is 423 g/mol. The molecule has 156 valence electrons. The van der Waals surface area contributed by atoms with Crippen molar-refractivity contribution < 1.29 is 13.6 Å². The second-order valence-corrected chi connectivity index (χ2v) is 9.43. The van der Waals surface area contributed by atoms with Crippen LogP contribution in [0.4, 0.5) is 0 Å². The Balaban J connectivity index is 1.63. The quantitative estimate of drug-likeness (QED) is 0.453. The van der Waals surface area contributed by atoms with Crippen molar-refractivity contribution >= 4 is 39.2 Å². The molecule has 1 N–H and O–H groups in total. The van der Waals surface area contributed by atoms with Gasteiger partial charge in [0.25, 0.3) is 0 Å². The number of amides is 1. The molecule has 0 aliphatic rings. The summed E-state index contributed by atoms with van der Waals surface area (Å²) >= 11 is 1.64. The smallest absolute Gasteiger partial charge is 0.340 e. The summed E-state index contributed by atoms with van der Waals surface area (Å²) in [5.74, 6) is -0.181. The van der Waals surface area contributed by atoms with Crippen molar-refractivity contribution in [1.29, 1.82) is 0 Å². The fourth-order valence-electron chi connectivity index (χ4n) is 3.70. The zero-order valence-electron chi connectivity index (χ0n) is 17.6. The van der Waals surface area contributed by atoms with E-state index in [2.05, 4.69) is 31.5 Å². The lowest BCUT2D eigenvalue weighted by Crippen LogP contribution is -2.29. The molecule has 5 nitrogen and oxygen atoms in total. The van der Waals surface area contributed by atoms with E-state index in [-0.39, 0.29) is 17.7 Å². The van der Waals surface area contributed by atoms with Gasteiger partial charge in [-0.25, -0.2) is 4.79 Å². The molecule has 0 spiro atoms. The van der Waals surface area contributed by atoms with Crippen LogP contribution in [-0.2, 0) is 23.1 Å².